The number of nitrogen functional groups attached to an aromatic ring is 1. The van der Waals surface area contributed by atoms with E-state index in [1.807, 2.05) is 62.5 Å². The van der Waals surface area contributed by atoms with Gasteiger partial charge in [0, 0.05) is 24.8 Å². The summed E-state index contributed by atoms with van der Waals surface area (Å²) in [6.07, 6.45) is 1.19. The molecule has 0 aliphatic rings. The van der Waals surface area contributed by atoms with Gasteiger partial charge in [0.05, 0.1) is 0 Å². The van der Waals surface area contributed by atoms with Crippen molar-refractivity contribution in [1.82, 2.24) is 0 Å². The predicted octanol–water partition coefficient (Wildman–Crippen LogP) is 3.17. The number of carbonyl (C=O) groups is 1. The molecule has 0 saturated carbocycles. The molecule has 104 valence electrons. The minimum Gasteiger partial charge on any atom is -0.399 e. The van der Waals surface area contributed by atoms with E-state index >= 15 is 0 Å². The lowest BCUT2D eigenvalue weighted by atomic mass is 10.1. The molecule has 0 spiro atoms. The van der Waals surface area contributed by atoms with Gasteiger partial charge in [-0.1, -0.05) is 29.8 Å². The Morgan fingerprint density at radius 2 is 1.85 bits per heavy atom. The van der Waals surface area contributed by atoms with Crippen molar-refractivity contribution in [2.24, 2.45) is 0 Å². The maximum atomic E-state index is 12.2. The van der Waals surface area contributed by atoms with Gasteiger partial charge in [0.2, 0.25) is 5.91 Å². The largest absolute Gasteiger partial charge is 0.399 e. The third kappa shape index (κ3) is 3.60. The van der Waals surface area contributed by atoms with Crippen LogP contribution in [0.3, 0.4) is 0 Å². The molecule has 2 N–H and O–H groups in total. The van der Waals surface area contributed by atoms with Gasteiger partial charge in [-0.25, -0.2) is 0 Å². The second-order valence-electron chi connectivity index (χ2n) is 5.03. The number of anilines is 2. The topological polar surface area (TPSA) is 46.3 Å². The fraction of sp³-hybridized carbons (Fsp3) is 0.235. The lowest BCUT2D eigenvalue weighted by molar-refractivity contribution is -0.118. The number of aryl methyl sites for hydroxylation is 2. The number of hydrogen-bond acceptors (Lipinski definition) is 2. The van der Waals surface area contributed by atoms with Crippen LogP contribution >= 0.6 is 0 Å². The molecule has 0 unspecified atom stereocenters. The summed E-state index contributed by atoms with van der Waals surface area (Å²) >= 11 is 0. The van der Waals surface area contributed by atoms with Gasteiger partial charge < -0.3 is 10.6 Å². The predicted molar refractivity (Wildman–Crippen MR) is 83.8 cm³/mol. The first kappa shape index (κ1) is 14.1. The van der Waals surface area contributed by atoms with Crippen molar-refractivity contribution in [3.8, 4) is 0 Å². The van der Waals surface area contributed by atoms with Gasteiger partial charge in [0.25, 0.3) is 0 Å². The molecule has 3 heteroatoms. The Bertz CT molecular complexity index is 590. The second kappa shape index (κ2) is 6.24. The molecule has 2 rings (SSSR count). The van der Waals surface area contributed by atoms with Gasteiger partial charge in [-0.3, -0.25) is 4.79 Å². The average molecular weight is 268 g/mol. The Morgan fingerprint density at radius 1 is 1.15 bits per heavy atom. The molecule has 0 bridgehead atoms. The zero-order valence-corrected chi connectivity index (χ0v) is 12.0. The van der Waals surface area contributed by atoms with Crippen LogP contribution in [0.15, 0.2) is 48.5 Å². The van der Waals surface area contributed by atoms with Crippen LogP contribution in [-0.4, -0.2) is 13.0 Å². The maximum absolute atomic E-state index is 12.2. The van der Waals surface area contributed by atoms with Gasteiger partial charge in [-0.05, 0) is 43.2 Å². The first-order valence-electron chi connectivity index (χ1n) is 6.74. The number of rotatable bonds is 4. The van der Waals surface area contributed by atoms with Crippen LogP contribution in [0.25, 0.3) is 0 Å². The van der Waals surface area contributed by atoms with E-state index in [1.165, 1.54) is 5.56 Å². The SMILES string of the molecule is Cc1ccc(N(C)C(=O)CCc2cccc(N)c2)cc1. The minimum atomic E-state index is 0.108. The molecule has 0 fully saturated rings. The van der Waals surface area contributed by atoms with Crippen LogP contribution < -0.4 is 10.6 Å². The Labute approximate surface area is 120 Å². The van der Waals surface area contributed by atoms with Gasteiger partial charge in [0.15, 0.2) is 0 Å². The molecule has 0 aliphatic heterocycles. The number of benzene rings is 2. The molecule has 0 atom stereocenters. The maximum Gasteiger partial charge on any atom is 0.227 e. The highest BCUT2D eigenvalue weighted by Gasteiger charge is 2.10. The van der Waals surface area contributed by atoms with Crippen LogP contribution in [0.4, 0.5) is 11.4 Å². The molecular weight excluding hydrogens is 248 g/mol. The monoisotopic (exact) mass is 268 g/mol. The number of nitrogens with zero attached hydrogens (tertiary/aromatic N) is 1. The number of hydrogen-bond donors (Lipinski definition) is 1. The van der Waals surface area contributed by atoms with Crippen molar-refractivity contribution in [2.75, 3.05) is 17.7 Å². The molecular formula is C17H20N2O. The third-order valence-electron chi connectivity index (χ3n) is 3.37. The van der Waals surface area contributed by atoms with E-state index in [0.29, 0.717) is 12.8 Å². The summed E-state index contributed by atoms with van der Waals surface area (Å²) in [5, 5.41) is 0. The highest BCUT2D eigenvalue weighted by Crippen LogP contribution is 2.15. The van der Waals surface area contributed by atoms with Gasteiger partial charge in [-0.15, -0.1) is 0 Å². The normalized spacial score (nSPS) is 10.3. The van der Waals surface area contributed by atoms with E-state index in [2.05, 4.69) is 0 Å². The van der Waals surface area contributed by atoms with Crippen molar-refractivity contribution < 1.29 is 4.79 Å². The van der Waals surface area contributed by atoms with Crippen molar-refractivity contribution in [2.45, 2.75) is 19.8 Å². The Balaban J connectivity index is 1.96. The molecule has 2 aromatic rings. The third-order valence-corrected chi connectivity index (χ3v) is 3.37. The molecule has 2 aromatic carbocycles. The van der Waals surface area contributed by atoms with Crippen molar-refractivity contribution in [3.05, 3.63) is 59.7 Å². The summed E-state index contributed by atoms with van der Waals surface area (Å²) in [6.45, 7) is 2.03. The summed E-state index contributed by atoms with van der Waals surface area (Å²) in [7, 11) is 1.81. The lowest BCUT2D eigenvalue weighted by Crippen LogP contribution is -2.26. The van der Waals surface area contributed by atoms with Crippen LogP contribution in [-0.2, 0) is 11.2 Å². The molecule has 0 radical (unpaired) electrons. The standard InChI is InChI=1S/C17H20N2O/c1-13-6-9-16(10-7-13)19(2)17(20)11-8-14-4-3-5-15(18)12-14/h3-7,9-10,12H,8,11,18H2,1-2H3. The second-order valence-corrected chi connectivity index (χ2v) is 5.03. The number of amides is 1. The molecule has 0 aliphatic carbocycles. The van der Waals surface area contributed by atoms with E-state index < -0.39 is 0 Å². The fourth-order valence-electron chi connectivity index (χ4n) is 2.08. The van der Waals surface area contributed by atoms with Crippen LogP contribution in [0.2, 0.25) is 0 Å². The molecule has 20 heavy (non-hydrogen) atoms. The van der Waals surface area contributed by atoms with Gasteiger partial charge in [0.1, 0.15) is 0 Å². The van der Waals surface area contributed by atoms with Gasteiger partial charge in [-0.2, -0.15) is 0 Å². The zero-order valence-electron chi connectivity index (χ0n) is 12.0. The Hall–Kier alpha value is -2.29. The highest BCUT2D eigenvalue weighted by molar-refractivity contribution is 5.92. The van der Waals surface area contributed by atoms with E-state index in [4.69, 9.17) is 5.73 Å². The first-order valence-corrected chi connectivity index (χ1v) is 6.74. The highest BCUT2D eigenvalue weighted by atomic mass is 16.2. The summed E-state index contributed by atoms with van der Waals surface area (Å²) in [5.41, 5.74) is 9.68. The lowest BCUT2D eigenvalue weighted by Gasteiger charge is -2.17. The van der Waals surface area contributed by atoms with Crippen LogP contribution in [0.5, 0.6) is 0 Å². The molecule has 3 nitrogen and oxygen atoms in total. The van der Waals surface area contributed by atoms with Crippen molar-refractivity contribution in [1.29, 1.82) is 0 Å². The van der Waals surface area contributed by atoms with E-state index in [9.17, 15) is 4.79 Å². The average Bonchev–Trinajstić information content (AvgIpc) is 2.45. The van der Waals surface area contributed by atoms with E-state index in [1.54, 1.807) is 4.90 Å². The van der Waals surface area contributed by atoms with Crippen molar-refractivity contribution in [3.63, 3.8) is 0 Å². The fourth-order valence-corrected chi connectivity index (χ4v) is 2.08. The van der Waals surface area contributed by atoms with E-state index in [-0.39, 0.29) is 5.91 Å². The summed E-state index contributed by atoms with van der Waals surface area (Å²) in [5.74, 6) is 0.108. The van der Waals surface area contributed by atoms with Gasteiger partial charge >= 0.3 is 0 Å². The molecule has 0 heterocycles. The summed E-state index contributed by atoms with van der Waals surface area (Å²) < 4.78 is 0. The molecule has 0 aromatic heterocycles. The number of carbonyl (C=O) groups excluding carboxylic acids is 1. The minimum absolute atomic E-state index is 0.108. The quantitative estimate of drug-likeness (QED) is 0.866. The molecule has 0 saturated heterocycles. The Morgan fingerprint density at radius 3 is 2.50 bits per heavy atom. The zero-order chi connectivity index (χ0) is 14.5. The smallest absolute Gasteiger partial charge is 0.227 e. The summed E-state index contributed by atoms with van der Waals surface area (Å²) in [6, 6.07) is 15.6. The Kier molecular flexibility index (Phi) is 4.41. The van der Waals surface area contributed by atoms with Crippen molar-refractivity contribution >= 4 is 17.3 Å². The van der Waals surface area contributed by atoms with Crippen LogP contribution in [0.1, 0.15) is 17.5 Å². The summed E-state index contributed by atoms with van der Waals surface area (Å²) in [4.78, 5) is 13.9. The first-order chi connectivity index (χ1) is 9.56. The van der Waals surface area contributed by atoms with E-state index in [0.717, 1.165) is 16.9 Å². The number of nitrogens with two attached hydrogens (primary N) is 1. The van der Waals surface area contributed by atoms with Crippen LogP contribution in [0, 0.1) is 6.92 Å². The molecule has 1 amide bonds.